The molecule has 2 heterocycles. The second kappa shape index (κ2) is 6.92. The van der Waals surface area contributed by atoms with E-state index in [9.17, 15) is 19.2 Å². The van der Waals surface area contributed by atoms with Crippen LogP contribution in [0.2, 0.25) is 0 Å². The molecule has 2 aromatic rings. The van der Waals surface area contributed by atoms with E-state index < -0.39 is 23.8 Å². The summed E-state index contributed by atoms with van der Waals surface area (Å²) in [6.45, 7) is 2.11. The third-order valence-corrected chi connectivity index (χ3v) is 5.12. The molecule has 0 aliphatic carbocycles. The van der Waals surface area contributed by atoms with Gasteiger partial charge in [0.2, 0.25) is 11.8 Å². The molecule has 28 heavy (non-hydrogen) atoms. The van der Waals surface area contributed by atoms with Crippen LogP contribution in [0.3, 0.4) is 0 Å². The fraction of sp³-hybridized carbons (Fsp3) is 0.238. The van der Waals surface area contributed by atoms with Crippen molar-refractivity contribution in [3.8, 4) is 0 Å². The van der Waals surface area contributed by atoms with E-state index in [1.807, 2.05) is 0 Å². The van der Waals surface area contributed by atoms with Crippen LogP contribution in [0, 0.1) is 0 Å². The zero-order valence-corrected chi connectivity index (χ0v) is 15.3. The van der Waals surface area contributed by atoms with Gasteiger partial charge in [-0.15, -0.1) is 0 Å². The van der Waals surface area contributed by atoms with Gasteiger partial charge in [0.25, 0.3) is 11.8 Å². The number of amides is 4. The van der Waals surface area contributed by atoms with Crippen molar-refractivity contribution >= 4 is 35.0 Å². The van der Waals surface area contributed by atoms with Crippen LogP contribution in [0.1, 0.15) is 40.5 Å². The van der Waals surface area contributed by atoms with E-state index in [0.717, 1.165) is 11.3 Å². The third kappa shape index (κ3) is 2.85. The molecule has 2 aliphatic rings. The minimum atomic E-state index is -0.991. The van der Waals surface area contributed by atoms with Gasteiger partial charge in [0.1, 0.15) is 6.04 Å². The quantitative estimate of drug-likeness (QED) is 0.829. The number of rotatable bonds is 4. The average molecular weight is 377 g/mol. The highest BCUT2D eigenvalue weighted by atomic mass is 16.2. The molecule has 7 nitrogen and oxygen atoms in total. The highest BCUT2D eigenvalue weighted by molar-refractivity contribution is 6.23. The lowest BCUT2D eigenvalue weighted by Crippen LogP contribution is -2.45. The van der Waals surface area contributed by atoms with Crippen molar-refractivity contribution in [3.63, 3.8) is 0 Å². The number of hydrogen-bond donors (Lipinski definition) is 1. The molecule has 7 heteroatoms. The lowest BCUT2D eigenvalue weighted by Gasteiger charge is -2.24. The van der Waals surface area contributed by atoms with Gasteiger partial charge < -0.3 is 10.2 Å². The SMILES string of the molecule is CC(C(=O)Nc1ccccc1N1CCCC1=O)N1C(=O)c2ccccc2C1=O. The van der Waals surface area contributed by atoms with Crippen LogP contribution >= 0.6 is 0 Å². The molecular formula is C21H19N3O4. The summed E-state index contributed by atoms with van der Waals surface area (Å²) < 4.78 is 0. The molecule has 2 aliphatic heterocycles. The van der Waals surface area contributed by atoms with Crippen molar-refractivity contribution in [1.29, 1.82) is 0 Å². The second-order valence-corrected chi connectivity index (χ2v) is 6.86. The Morgan fingerprint density at radius 1 is 0.964 bits per heavy atom. The van der Waals surface area contributed by atoms with E-state index >= 15 is 0 Å². The largest absolute Gasteiger partial charge is 0.322 e. The number of nitrogens with one attached hydrogen (secondary N) is 1. The van der Waals surface area contributed by atoms with Crippen LogP contribution in [-0.4, -0.2) is 41.1 Å². The molecule has 4 amide bonds. The van der Waals surface area contributed by atoms with Crippen LogP contribution in [0.5, 0.6) is 0 Å². The van der Waals surface area contributed by atoms with E-state index in [0.29, 0.717) is 35.5 Å². The van der Waals surface area contributed by atoms with Gasteiger partial charge in [-0.25, -0.2) is 0 Å². The molecule has 0 saturated carbocycles. The molecule has 0 bridgehead atoms. The van der Waals surface area contributed by atoms with E-state index in [1.54, 1.807) is 53.4 Å². The minimum absolute atomic E-state index is 0.00935. The number of benzene rings is 2. The Morgan fingerprint density at radius 3 is 2.18 bits per heavy atom. The van der Waals surface area contributed by atoms with Gasteiger partial charge in [-0.2, -0.15) is 0 Å². The van der Waals surface area contributed by atoms with Gasteiger partial charge in [0.05, 0.1) is 22.5 Å². The molecule has 1 fully saturated rings. The van der Waals surface area contributed by atoms with Gasteiger partial charge in [-0.3, -0.25) is 24.1 Å². The standard InChI is InChI=1S/C21H19N3O4/c1-13(24-20(27)14-7-2-3-8-15(14)21(24)28)19(26)22-16-9-4-5-10-17(16)23-12-6-11-18(23)25/h2-5,7-10,13H,6,11-12H2,1H3,(H,22,26). The van der Waals surface area contributed by atoms with Crippen molar-refractivity contribution in [2.45, 2.75) is 25.8 Å². The smallest absolute Gasteiger partial charge is 0.262 e. The molecule has 1 N–H and O–H groups in total. The Bertz CT molecular complexity index is 966. The number of carbonyl (C=O) groups excluding carboxylic acids is 4. The molecule has 2 aromatic carbocycles. The summed E-state index contributed by atoms with van der Waals surface area (Å²) in [5.74, 6) is -1.44. The highest BCUT2D eigenvalue weighted by Gasteiger charge is 2.40. The summed E-state index contributed by atoms with van der Waals surface area (Å²) in [4.78, 5) is 52.7. The van der Waals surface area contributed by atoms with Gasteiger partial charge in [0, 0.05) is 13.0 Å². The number of anilines is 2. The fourth-order valence-corrected chi connectivity index (χ4v) is 3.63. The molecular weight excluding hydrogens is 358 g/mol. The van der Waals surface area contributed by atoms with E-state index in [2.05, 4.69) is 5.32 Å². The Labute approximate surface area is 161 Å². The van der Waals surface area contributed by atoms with Gasteiger partial charge >= 0.3 is 0 Å². The molecule has 0 spiro atoms. The Morgan fingerprint density at radius 2 is 1.57 bits per heavy atom. The summed E-state index contributed by atoms with van der Waals surface area (Å²) in [5.41, 5.74) is 1.70. The maximum atomic E-state index is 12.8. The van der Waals surface area contributed by atoms with Crippen LogP contribution in [0.15, 0.2) is 48.5 Å². The average Bonchev–Trinajstić information content (AvgIpc) is 3.23. The second-order valence-electron chi connectivity index (χ2n) is 6.86. The first-order valence-corrected chi connectivity index (χ1v) is 9.16. The summed E-state index contributed by atoms with van der Waals surface area (Å²) in [6, 6.07) is 12.6. The molecule has 4 rings (SSSR count). The van der Waals surface area contributed by atoms with Crippen LogP contribution < -0.4 is 10.2 Å². The van der Waals surface area contributed by atoms with Crippen molar-refractivity contribution in [1.82, 2.24) is 4.90 Å². The lowest BCUT2D eigenvalue weighted by atomic mass is 10.1. The first-order chi connectivity index (χ1) is 13.5. The van der Waals surface area contributed by atoms with Gasteiger partial charge in [0.15, 0.2) is 0 Å². The van der Waals surface area contributed by atoms with Crippen molar-refractivity contribution in [3.05, 3.63) is 59.7 Å². The number of carbonyl (C=O) groups is 4. The monoisotopic (exact) mass is 377 g/mol. The minimum Gasteiger partial charge on any atom is -0.322 e. The molecule has 0 aromatic heterocycles. The van der Waals surface area contributed by atoms with E-state index in [4.69, 9.17) is 0 Å². The highest BCUT2D eigenvalue weighted by Crippen LogP contribution is 2.30. The lowest BCUT2D eigenvalue weighted by molar-refractivity contribution is -0.119. The Kier molecular flexibility index (Phi) is 4.43. The summed E-state index contributed by atoms with van der Waals surface area (Å²) in [6.07, 6.45) is 1.25. The molecule has 1 atom stereocenters. The number of nitrogens with zero attached hydrogens (tertiary/aromatic N) is 2. The normalized spacial score (nSPS) is 17.1. The fourth-order valence-electron chi connectivity index (χ4n) is 3.63. The Hall–Kier alpha value is -3.48. The van der Waals surface area contributed by atoms with Gasteiger partial charge in [-0.1, -0.05) is 24.3 Å². The van der Waals surface area contributed by atoms with E-state index in [-0.39, 0.29) is 5.91 Å². The van der Waals surface area contributed by atoms with Gasteiger partial charge in [-0.05, 0) is 37.6 Å². The zero-order valence-electron chi connectivity index (χ0n) is 15.3. The molecule has 1 unspecified atom stereocenters. The van der Waals surface area contributed by atoms with Crippen LogP contribution in [-0.2, 0) is 9.59 Å². The maximum Gasteiger partial charge on any atom is 0.262 e. The molecule has 0 radical (unpaired) electrons. The third-order valence-electron chi connectivity index (χ3n) is 5.12. The van der Waals surface area contributed by atoms with E-state index in [1.165, 1.54) is 6.92 Å². The zero-order chi connectivity index (χ0) is 19.8. The first-order valence-electron chi connectivity index (χ1n) is 9.16. The number of para-hydroxylation sites is 2. The maximum absolute atomic E-state index is 12.8. The van der Waals surface area contributed by atoms with Crippen molar-refractivity contribution < 1.29 is 19.2 Å². The van der Waals surface area contributed by atoms with Crippen LogP contribution in [0.4, 0.5) is 11.4 Å². The Balaban J connectivity index is 1.56. The van der Waals surface area contributed by atoms with Crippen molar-refractivity contribution in [2.75, 3.05) is 16.8 Å². The number of hydrogen-bond acceptors (Lipinski definition) is 4. The van der Waals surface area contributed by atoms with Crippen LogP contribution in [0.25, 0.3) is 0 Å². The summed E-state index contributed by atoms with van der Waals surface area (Å²) in [7, 11) is 0. The number of fused-ring (bicyclic) bond motifs is 1. The predicted molar refractivity (Wildman–Crippen MR) is 103 cm³/mol. The molecule has 142 valence electrons. The predicted octanol–water partition coefficient (Wildman–Crippen LogP) is 2.44. The summed E-state index contributed by atoms with van der Waals surface area (Å²) in [5, 5.41) is 2.77. The van der Waals surface area contributed by atoms with Crippen molar-refractivity contribution in [2.24, 2.45) is 0 Å². The topological polar surface area (TPSA) is 86.8 Å². The number of imide groups is 1. The first kappa shape index (κ1) is 17.9. The summed E-state index contributed by atoms with van der Waals surface area (Å²) >= 11 is 0. The molecule has 1 saturated heterocycles.